The molecule has 92 heavy (non-hydrogen) atoms. The van der Waals surface area contributed by atoms with E-state index in [0.29, 0.717) is 17.2 Å². The van der Waals surface area contributed by atoms with Crippen LogP contribution in [0.2, 0.25) is 0 Å². The zero-order valence-corrected chi connectivity index (χ0v) is 50.1. The molecule has 8 nitrogen and oxygen atoms in total. The van der Waals surface area contributed by atoms with Crippen LogP contribution >= 0.6 is 11.3 Å². The van der Waals surface area contributed by atoms with Crippen molar-refractivity contribution in [2.75, 3.05) is 0 Å². The van der Waals surface area contributed by atoms with E-state index in [1.165, 1.54) is 85.8 Å². The topological polar surface area (TPSA) is 87.5 Å². The van der Waals surface area contributed by atoms with E-state index in [1.807, 2.05) is 54.7 Å². The molecule has 0 atom stereocenters. The highest BCUT2D eigenvalue weighted by Crippen LogP contribution is 2.45. The third-order valence-corrected chi connectivity index (χ3v) is 19.3. The lowest BCUT2D eigenvalue weighted by molar-refractivity contribution is 0.653. The number of hydrogen-bond donors (Lipinski definition) is 0. The lowest BCUT2D eigenvalue weighted by atomic mass is 10.0. The maximum atomic E-state index is 6.42. The van der Waals surface area contributed by atoms with Crippen molar-refractivity contribution in [3.8, 4) is 56.8 Å². The number of rotatable bonds is 6. The Hall–Kier alpha value is -12.2. The molecule has 0 aliphatic heterocycles. The molecule has 0 aliphatic carbocycles. The predicted molar refractivity (Wildman–Crippen MR) is 382 cm³/mol. The molecule has 0 saturated carbocycles. The number of pyridine rings is 1. The number of fused-ring (bicyclic) bond motifs is 17. The van der Waals surface area contributed by atoms with Crippen molar-refractivity contribution < 1.29 is 4.42 Å². The number of hydrogen-bond acceptors (Lipinski definition) is 7. The SMILES string of the molecule is c1ccc(-c2ccc(-c3nc(-n4c5cc6ccccc6cc5c5c6ccccc6ccc54)c4c(n3)sc3ccccc34)cc2)cc1.c1ccc(-c2ccc(-c3nc(-n4c5cc6ccccc6cc5c5cc6ccccc6cc54)c4c(n3)oc3ccccc34)nc2)cc1. The fraction of sp³-hybridized carbons (Fsp3) is 0. The van der Waals surface area contributed by atoms with Crippen LogP contribution in [0.1, 0.15) is 0 Å². The Balaban J connectivity index is 0.000000132. The second-order valence-corrected chi connectivity index (χ2v) is 24.6. The Morgan fingerprint density at radius 1 is 0.293 bits per heavy atom. The van der Waals surface area contributed by atoms with Crippen molar-refractivity contribution in [1.29, 1.82) is 0 Å². The summed E-state index contributed by atoms with van der Waals surface area (Å²) in [4.78, 5) is 26.8. The number of thiophene rings is 1. The minimum absolute atomic E-state index is 0.512. The number of para-hydroxylation sites is 1. The molecular formula is C83H49N7OS. The normalized spacial score (nSPS) is 11.9. The summed E-state index contributed by atoms with van der Waals surface area (Å²) in [6.45, 7) is 0. The molecule has 13 aromatic carbocycles. The molecule has 0 fully saturated rings. The second kappa shape index (κ2) is 20.7. The van der Waals surface area contributed by atoms with Crippen molar-refractivity contribution in [2.24, 2.45) is 0 Å². The molecule has 428 valence electrons. The molecule has 0 radical (unpaired) electrons. The van der Waals surface area contributed by atoms with E-state index in [9.17, 15) is 0 Å². The van der Waals surface area contributed by atoms with Crippen LogP contribution < -0.4 is 0 Å². The fourth-order valence-electron chi connectivity index (χ4n) is 13.9. The molecule has 0 amide bonds. The van der Waals surface area contributed by atoms with Crippen molar-refractivity contribution in [2.45, 2.75) is 0 Å². The number of benzene rings is 13. The average molecular weight is 1190 g/mol. The van der Waals surface area contributed by atoms with Crippen LogP contribution in [0.25, 0.3) is 186 Å². The van der Waals surface area contributed by atoms with Gasteiger partial charge in [0.2, 0.25) is 5.71 Å². The zero-order valence-electron chi connectivity index (χ0n) is 49.2. The van der Waals surface area contributed by atoms with Gasteiger partial charge in [0.15, 0.2) is 23.3 Å². The van der Waals surface area contributed by atoms with Gasteiger partial charge in [-0.3, -0.25) is 14.1 Å². The quantitative estimate of drug-likeness (QED) is 0.165. The van der Waals surface area contributed by atoms with Crippen LogP contribution in [0.15, 0.2) is 302 Å². The molecule has 7 heterocycles. The third kappa shape index (κ3) is 8.33. The lowest BCUT2D eigenvalue weighted by Gasteiger charge is -2.12. The summed E-state index contributed by atoms with van der Waals surface area (Å²) in [6, 6.07) is 103. The second-order valence-electron chi connectivity index (χ2n) is 23.5. The summed E-state index contributed by atoms with van der Waals surface area (Å²) in [6.07, 6.45) is 1.88. The highest BCUT2D eigenvalue weighted by molar-refractivity contribution is 7.25. The van der Waals surface area contributed by atoms with Crippen LogP contribution in [0.4, 0.5) is 0 Å². The Bertz CT molecular complexity index is 6060. The van der Waals surface area contributed by atoms with Gasteiger partial charge in [0.05, 0.1) is 32.8 Å². The minimum Gasteiger partial charge on any atom is -0.437 e. The smallest absolute Gasteiger partial charge is 0.233 e. The lowest BCUT2D eigenvalue weighted by Crippen LogP contribution is -2.02. The van der Waals surface area contributed by atoms with Gasteiger partial charge in [0.25, 0.3) is 0 Å². The van der Waals surface area contributed by atoms with Crippen molar-refractivity contribution >= 4 is 140 Å². The summed E-state index contributed by atoms with van der Waals surface area (Å²) < 4.78 is 12.3. The van der Waals surface area contributed by atoms with Crippen LogP contribution in [-0.4, -0.2) is 34.1 Å². The maximum absolute atomic E-state index is 6.42. The fourth-order valence-corrected chi connectivity index (χ4v) is 14.9. The van der Waals surface area contributed by atoms with E-state index in [4.69, 9.17) is 29.3 Å². The highest BCUT2D eigenvalue weighted by atomic mass is 32.1. The van der Waals surface area contributed by atoms with E-state index < -0.39 is 0 Å². The average Bonchev–Trinajstić information content (AvgIpc) is 1.63. The summed E-state index contributed by atoms with van der Waals surface area (Å²) in [5.74, 6) is 2.92. The van der Waals surface area contributed by atoms with Gasteiger partial charge in [-0.05, 0) is 120 Å². The van der Waals surface area contributed by atoms with Gasteiger partial charge in [0, 0.05) is 54.3 Å². The number of aromatic nitrogens is 7. The van der Waals surface area contributed by atoms with Crippen molar-refractivity contribution in [3.05, 3.63) is 297 Å². The van der Waals surface area contributed by atoms with Crippen molar-refractivity contribution in [1.82, 2.24) is 34.1 Å². The molecule has 0 unspecified atom stereocenters. The first-order valence-corrected chi connectivity index (χ1v) is 31.7. The Morgan fingerprint density at radius 3 is 1.41 bits per heavy atom. The maximum Gasteiger partial charge on any atom is 0.233 e. The standard InChI is InChI=1S/C42H25N3S.C41H24N4O/c1-2-10-26(11-3-1)27-18-20-29(21-19-27)40-43-41(39-33-16-8-9-17-37(33)46-42(39)44-40)45-35-23-22-28-12-6-7-15-32(28)38(35)34-24-30-13-4-5-14-31(30)25-36(34)45;1-2-10-25(11-3-1)30-18-19-34(42-24-30)39-43-40(38-31-16-8-9-17-37(31)46-41(38)44-39)45-35-22-28-14-6-4-12-26(28)20-32(35)33-21-27-13-5-7-15-29(27)23-36(33)45/h1-25H;1-24H. The Labute approximate surface area is 529 Å². The molecule has 0 bridgehead atoms. The van der Waals surface area contributed by atoms with Crippen LogP contribution in [-0.2, 0) is 0 Å². The van der Waals surface area contributed by atoms with Gasteiger partial charge in [0.1, 0.15) is 16.1 Å². The molecule has 20 rings (SSSR count). The van der Waals surface area contributed by atoms with Crippen LogP contribution in [0.5, 0.6) is 0 Å². The summed E-state index contributed by atoms with van der Waals surface area (Å²) >= 11 is 1.73. The van der Waals surface area contributed by atoms with Crippen LogP contribution in [0.3, 0.4) is 0 Å². The highest BCUT2D eigenvalue weighted by Gasteiger charge is 2.25. The van der Waals surface area contributed by atoms with Gasteiger partial charge in [-0.15, -0.1) is 11.3 Å². The van der Waals surface area contributed by atoms with Gasteiger partial charge in [-0.25, -0.2) is 15.0 Å². The summed E-state index contributed by atoms with van der Waals surface area (Å²) in [7, 11) is 0. The monoisotopic (exact) mass is 1190 g/mol. The number of nitrogens with zero attached hydrogens (tertiary/aromatic N) is 7. The minimum atomic E-state index is 0.512. The first-order valence-electron chi connectivity index (χ1n) is 30.9. The Kier molecular flexibility index (Phi) is 11.7. The first-order chi connectivity index (χ1) is 45.6. The van der Waals surface area contributed by atoms with Gasteiger partial charge >= 0.3 is 0 Å². The van der Waals surface area contributed by atoms with Crippen LogP contribution in [0, 0.1) is 0 Å². The van der Waals surface area contributed by atoms with E-state index in [-0.39, 0.29) is 0 Å². The third-order valence-electron chi connectivity index (χ3n) is 18.2. The van der Waals surface area contributed by atoms with E-state index in [2.05, 4.69) is 252 Å². The van der Waals surface area contributed by atoms with Crippen molar-refractivity contribution in [3.63, 3.8) is 0 Å². The first kappa shape index (κ1) is 51.8. The molecular weight excluding hydrogens is 1140 g/mol. The molecule has 0 saturated heterocycles. The number of furan rings is 1. The molecule has 0 N–H and O–H groups in total. The van der Waals surface area contributed by atoms with E-state index in [0.717, 1.165) is 82.8 Å². The largest absolute Gasteiger partial charge is 0.437 e. The van der Waals surface area contributed by atoms with E-state index in [1.54, 1.807) is 11.3 Å². The molecule has 9 heteroatoms. The van der Waals surface area contributed by atoms with E-state index >= 15 is 0 Å². The Morgan fingerprint density at radius 2 is 0.772 bits per heavy atom. The predicted octanol–water partition coefficient (Wildman–Crippen LogP) is 22.1. The molecule has 0 spiro atoms. The molecule has 7 aromatic heterocycles. The van der Waals surface area contributed by atoms with Gasteiger partial charge in [-0.2, -0.15) is 4.98 Å². The molecule has 20 aromatic rings. The zero-order chi connectivity index (χ0) is 60.4. The molecule has 0 aliphatic rings. The van der Waals surface area contributed by atoms with Gasteiger partial charge in [-0.1, -0.05) is 231 Å². The van der Waals surface area contributed by atoms with Gasteiger partial charge < -0.3 is 4.42 Å². The summed E-state index contributed by atoms with van der Waals surface area (Å²) in [5.41, 5.74) is 11.9. The summed E-state index contributed by atoms with van der Waals surface area (Å²) in [5, 5.41) is 18.6.